The molecule has 1 aromatic carbocycles. The highest BCUT2D eigenvalue weighted by atomic mass is 16.1. The molecule has 4 nitrogen and oxygen atoms in total. The lowest BCUT2D eigenvalue weighted by molar-refractivity contribution is -0.122. The van der Waals surface area contributed by atoms with Crippen LogP contribution in [0, 0.1) is 5.92 Å². The summed E-state index contributed by atoms with van der Waals surface area (Å²) in [7, 11) is 0. The van der Waals surface area contributed by atoms with Gasteiger partial charge in [0, 0.05) is 12.5 Å². The summed E-state index contributed by atoms with van der Waals surface area (Å²) in [6.45, 7) is 0.738. The molecule has 1 amide bonds. The van der Waals surface area contributed by atoms with Crippen molar-refractivity contribution >= 4 is 17.4 Å². The average molecular weight is 281 g/mol. The second-order valence-corrected chi connectivity index (χ2v) is 5.39. The number of rotatable bonds is 5. The number of anilines is 2. The average Bonchev–Trinajstić information content (AvgIpc) is 2.46. The number of carbonyl (C=O) groups excluding carboxylic acids is 1. The molecule has 21 heavy (non-hydrogen) atoms. The van der Waals surface area contributed by atoms with Crippen LogP contribution in [-0.4, -0.2) is 10.9 Å². The van der Waals surface area contributed by atoms with Gasteiger partial charge in [0.25, 0.3) is 0 Å². The van der Waals surface area contributed by atoms with Gasteiger partial charge < -0.3 is 10.6 Å². The van der Waals surface area contributed by atoms with Gasteiger partial charge in [0.1, 0.15) is 5.82 Å². The number of benzene rings is 1. The molecule has 0 aliphatic heterocycles. The molecule has 1 aliphatic rings. The number of amides is 1. The molecule has 1 aliphatic carbocycles. The zero-order valence-corrected chi connectivity index (χ0v) is 11.9. The number of nitrogens with zero attached hydrogens (tertiary/aromatic N) is 1. The standard InChI is InChI=1S/C17H19N3O/c21-17(14-7-4-8-14)20-15-9-10-16(19-12-15)18-11-13-5-2-1-3-6-13/h1-3,5-6,9-10,12,14H,4,7-8,11H2,(H,18,19)(H,20,21). The van der Waals surface area contributed by atoms with Crippen molar-refractivity contribution in [1.29, 1.82) is 0 Å². The van der Waals surface area contributed by atoms with E-state index in [1.54, 1.807) is 6.20 Å². The molecular formula is C17H19N3O. The number of pyridine rings is 1. The summed E-state index contributed by atoms with van der Waals surface area (Å²) in [6, 6.07) is 13.9. The van der Waals surface area contributed by atoms with Crippen LogP contribution in [0.2, 0.25) is 0 Å². The number of hydrogen-bond acceptors (Lipinski definition) is 3. The van der Waals surface area contributed by atoms with E-state index in [1.807, 2.05) is 30.3 Å². The Labute approximate surface area is 124 Å². The van der Waals surface area contributed by atoms with E-state index in [0.717, 1.165) is 30.9 Å². The van der Waals surface area contributed by atoms with E-state index >= 15 is 0 Å². The molecule has 1 fully saturated rings. The van der Waals surface area contributed by atoms with Crippen LogP contribution in [-0.2, 0) is 11.3 Å². The largest absolute Gasteiger partial charge is 0.366 e. The Morgan fingerprint density at radius 1 is 1.14 bits per heavy atom. The molecule has 4 heteroatoms. The second kappa shape index (κ2) is 6.39. The Morgan fingerprint density at radius 3 is 2.57 bits per heavy atom. The molecular weight excluding hydrogens is 262 g/mol. The SMILES string of the molecule is O=C(Nc1ccc(NCc2ccccc2)nc1)C1CCC1. The quantitative estimate of drug-likeness (QED) is 0.882. The van der Waals surface area contributed by atoms with Gasteiger partial charge in [0.05, 0.1) is 11.9 Å². The van der Waals surface area contributed by atoms with Crippen molar-refractivity contribution in [3.8, 4) is 0 Å². The van der Waals surface area contributed by atoms with Crippen molar-refractivity contribution in [3.05, 3.63) is 54.2 Å². The Bertz CT molecular complexity index is 591. The Hall–Kier alpha value is -2.36. The van der Waals surface area contributed by atoms with Gasteiger partial charge in [-0.2, -0.15) is 0 Å². The molecule has 1 heterocycles. The van der Waals surface area contributed by atoms with Crippen LogP contribution in [0.3, 0.4) is 0 Å². The zero-order valence-electron chi connectivity index (χ0n) is 11.9. The van der Waals surface area contributed by atoms with Gasteiger partial charge >= 0.3 is 0 Å². The number of hydrogen-bond donors (Lipinski definition) is 2. The van der Waals surface area contributed by atoms with Crippen molar-refractivity contribution < 1.29 is 4.79 Å². The molecule has 0 spiro atoms. The smallest absolute Gasteiger partial charge is 0.227 e. The summed E-state index contributed by atoms with van der Waals surface area (Å²) in [5, 5.41) is 6.18. The third kappa shape index (κ3) is 3.60. The molecule has 0 unspecified atom stereocenters. The summed E-state index contributed by atoms with van der Waals surface area (Å²) in [5.74, 6) is 1.12. The minimum atomic E-state index is 0.119. The van der Waals surface area contributed by atoms with Crippen molar-refractivity contribution in [2.75, 3.05) is 10.6 Å². The molecule has 0 saturated heterocycles. The van der Waals surface area contributed by atoms with Gasteiger partial charge in [-0.1, -0.05) is 36.8 Å². The summed E-state index contributed by atoms with van der Waals surface area (Å²) in [6.07, 6.45) is 4.88. The molecule has 2 N–H and O–H groups in total. The number of carbonyl (C=O) groups is 1. The number of aromatic nitrogens is 1. The minimum Gasteiger partial charge on any atom is -0.366 e. The summed E-state index contributed by atoms with van der Waals surface area (Å²) < 4.78 is 0. The first-order valence-electron chi connectivity index (χ1n) is 7.36. The lowest BCUT2D eigenvalue weighted by atomic mass is 9.85. The topological polar surface area (TPSA) is 54.0 Å². The van der Waals surface area contributed by atoms with Crippen LogP contribution >= 0.6 is 0 Å². The monoisotopic (exact) mass is 281 g/mol. The summed E-state index contributed by atoms with van der Waals surface area (Å²) in [5.41, 5.74) is 1.97. The van der Waals surface area contributed by atoms with E-state index in [9.17, 15) is 4.79 Å². The molecule has 0 radical (unpaired) electrons. The van der Waals surface area contributed by atoms with E-state index in [1.165, 1.54) is 12.0 Å². The van der Waals surface area contributed by atoms with Gasteiger partial charge in [-0.15, -0.1) is 0 Å². The third-order valence-electron chi connectivity index (χ3n) is 3.82. The maximum absolute atomic E-state index is 11.8. The first-order valence-corrected chi connectivity index (χ1v) is 7.36. The molecule has 3 rings (SSSR count). The van der Waals surface area contributed by atoms with Crippen molar-refractivity contribution in [2.24, 2.45) is 5.92 Å². The normalized spacial score (nSPS) is 14.3. The van der Waals surface area contributed by atoms with Crippen molar-refractivity contribution in [1.82, 2.24) is 4.98 Å². The molecule has 108 valence electrons. The second-order valence-electron chi connectivity index (χ2n) is 5.39. The van der Waals surface area contributed by atoms with Crippen molar-refractivity contribution in [2.45, 2.75) is 25.8 Å². The number of nitrogens with one attached hydrogen (secondary N) is 2. The van der Waals surface area contributed by atoms with Crippen LogP contribution in [0.15, 0.2) is 48.7 Å². The predicted molar refractivity (Wildman–Crippen MR) is 84.0 cm³/mol. The van der Waals surface area contributed by atoms with Gasteiger partial charge in [-0.25, -0.2) is 4.98 Å². The van der Waals surface area contributed by atoms with Crippen LogP contribution in [0.5, 0.6) is 0 Å². The van der Waals surface area contributed by atoms with Gasteiger partial charge in [0.2, 0.25) is 5.91 Å². The van der Waals surface area contributed by atoms with Gasteiger partial charge in [-0.3, -0.25) is 4.79 Å². The van der Waals surface area contributed by atoms with Crippen molar-refractivity contribution in [3.63, 3.8) is 0 Å². The van der Waals surface area contributed by atoms with Crippen LogP contribution in [0.25, 0.3) is 0 Å². The summed E-state index contributed by atoms with van der Waals surface area (Å²) >= 11 is 0. The Kier molecular flexibility index (Phi) is 4.15. The fourth-order valence-electron chi connectivity index (χ4n) is 2.28. The molecule has 1 aromatic heterocycles. The molecule has 0 atom stereocenters. The van der Waals surface area contributed by atoms with E-state index in [-0.39, 0.29) is 11.8 Å². The first-order chi connectivity index (χ1) is 10.3. The minimum absolute atomic E-state index is 0.119. The first kappa shape index (κ1) is 13.6. The van der Waals surface area contributed by atoms with Gasteiger partial charge in [-0.05, 0) is 30.5 Å². The summed E-state index contributed by atoms with van der Waals surface area (Å²) in [4.78, 5) is 16.2. The Balaban J connectivity index is 1.52. The highest BCUT2D eigenvalue weighted by molar-refractivity contribution is 5.92. The van der Waals surface area contributed by atoms with Crippen LogP contribution in [0.4, 0.5) is 11.5 Å². The maximum Gasteiger partial charge on any atom is 0.227 e. The van der Waals surface area contributed by atoms with E-state index in [0.29, 0.717) is 0 Å². The van der Waals surface area contributed by atoms with E-state index in [4.69, 9.17) is 0 Å². The third-order valence-corrected chi connectivity index (χ3v) is 3.82. The maximum atomic E-state index is 11.8. The van der Waals surface area contributed by atoms with E-state index in [2.05, 4.69) is 27.8 Å². The highest BCUT2D eigenvalue weighted by Gasteiger charge is 2.25. The highest BCUT2D eigenvalue weighted by Crippen LogP contribution is 2.27. The molecule has 0 bridgehead atoms. The zero-order chi connectivity index (χ0) is 14.5. The lowest BCUT2D eigenvalue weighted by Gasteiger charge is -2.23. The van der Waals surface area contributed by atoms with E-state index < -0.39 is 0 Å². The van der Waals surface area contributed by atoms with Crippen LogP contribution < -0.4 is 10.6 Å². The Morgan fingerprint density at radius 2 is 1.95 bits per heavy atom. The van der Waals surface area contributed by atoms with Crippen LogP contribution in [0.1, 0.15) is 24.8 Å². The van der Waals surface area contributed by atoms with Gasteiger partial charge in [0.15, 0.2) is 0 Å². The predicted octanol–water partition coefficient (Wildman–Crippen LogP) is 3.43. The lowest BCUT2D eigenvalue weighted by Crippen LogP contribution is -2.28. The fourth-order valence-corrected chi connectivity index (χ4v) is 2.28. The molecule has 1 saturated carbocycles. The fraction of sp³-hybridized carbons (Fsp3) is 0.294. The molecule has 2 aromatic rings.